The Morgan fingerprint density at radius 2 is 0.979 bits per heavy atom. The van der Waals surface area contributed by atoms with Gasteiger partial charge in [-0.15, -0.1) is 0 Å². The number of carbonyl (C=O) groups is 4. The molecule has 1 fully saturated rings. The van der Waals surface area contributed by atoms with Crippen molar-refractivity contribution in [2.45, 2.75) is 85.2 Å². The smallest absolute Gasteiger partial charge is 0.410 e. The molecule has 266 valence electrons. The quantitative estimate of drug-likeness (QED) is 0.420. The zero-order valence-electron chi connectivity index (χ0n) is 29.4. The van der Waals surface area contributed by atoms with E-state index >= 15 is 0 Å². The number of β-amino-alcohol motifs (C(OH)–C–C–N with tert-alkyl or cyclic N) is 1. The topological polar surface area (TPSA) is 159 Å². The molecule has 0 aromatic heterocycles. The monoisotopic (exact) mass is 666 g/mol. The summed E-state index contributed by atoms with van der Waals surface area (Å²) in [5, 5.41) is 20.0. The number of hydrogen-bond acceptors (Lipinski definition) is 10. The largest absolute Gasteiger partial charge is 0.491 e. The number of aliphatic hydroxyl groups is 1. The fourth-order valence-electron chi connectivity index (χ4n) is 4.40. The minimum Gasteiger partial charge on any atom is -0.491 e. The average Bonchev–Trinajstić information content (AvgIpc) is 2.90. The van der Waals surface area contributed by atoms with E-state index in [-0.39, 0.29) is 58.0 Å². The summed E-state index contributed by atoms with van der Waals surface area (Å²) in [5.74, 6) is -0.644. The summed E-state index contributed by atoms with van der Waals surface area (Å²) in [6.45, 7) is 17.7. The molecule has 0 bridgehead atoms. The Labute approximate surface area is 278 Å². The van der Waals surface area contributed by atoms with Crippen molar-refractivity contribution < 1.29 is 48.3 Å². The number of ether oxygens (including phenoxy) is 4. The second-order valence-corrected chi connectivity index (χ2v) is 14.5. The summed E-state index contributed by atoms with van der Waals surface area (Å²) >= 11 is 0. The van der Waals surface area contributed by atoms with Crippen molar-refractivity contribution in [1.29, 1.82) is 0 Å². The van der Waals surface area contributed by atoms with E-state index in [4.69, 9.17) is 24.1 Å². The molecule has 1 aliphatic rings. The van der Waals surface area contributed by atoms with Gasteiger partial charge in [0.05, 0.1) is 5.56 Å². The van der Waals surface area contributed by atoms with Crippen LogP contribution in [0.3, 0.4) is 0 Å². The predicted molar refractivity (Wildman–Crippen MR) is 175 cm³/mol. The standard InChI is InChI=1S/C33H54N4O10/c1-31(2,3)45-28(41)35-16-14-34(22-25(38)23-44-26-12-10-24(11-13-26)27(39)40)15-17-36(29(42)46-32(4,5)6)19-21-37(20-18-35)30(43)47-33(7,8)9/h10-13,25,38H,14-23H2,1-9H3,(H,39,40). The van der Waals surface area contributed by atoms with Crippen molar-refractivity contribution in [2.75, 3.05) is 65.5 Å². The van der Waals surface area contributed by atoms with Crippen molar-refractivity contribution in [3.8, 4) is 5.75 Å². The Morgan fingerprint density at radius 3 is 1.30 bits per heavy atom. The number of carbonyl (C=O) groups excluding carboxylic acids is 3. The number of rotatable bonds is 6. The first-order chi connectivity index (χ1) is 21.6. The second kappa shape index (κ2) is 16.9. The van der Waals surface area contributed by atoms with E-state index in [1.54, 1.807) is 62.3 Å². The van der Waals surface area contributed by atoms with Gasteiger partial charge in [0.1, 0.15) is 35.3 Å². The molecule has 2 N–H and O–H groups in total. The molecule has 14 heteroatoms. The van der Waals surface area contributed by atoms with Crippen molar-refractivity contribution in [1.82, 2.24) is 19.6 Å². The average molecular weight is 667 g/mol. The lowest BCUT2D eigenvalue weighted by Gasteiger charge is -2.36. The van der Waals surface area contributed by atoms with Crippen LogP contribution < -0.4 is 4.74 Å². The van der Waals surface area contributed by atoms with E-state index < -0.39 is 47.2 Å². The van der Waals surface area contributed by atoms with Crippen molar-refractivity contribution in [3.05, 3.63) is 29.8 Å². The number of aromatic carboxylic acids is 1. The van der Waals surface area contributed by atoms with Crippen molar-refractivity contribution in [2.24, 2.45) is 0 Å². The normalized spacial score (nSPS) is 16.8. The zero-order valence-corrected chi connectivity index (χ0v) is 29.4. The molecule has 0 aliphatic carbocycles. The van der Waals surface area contributed by atoms with Crippen molar-refractivity contribution >= 4 is 24.2 Å². The van der Waals surface area contributed by atoms with Crippen LogP contribution in [0.1, 0.15) is 72.7 Å². The molecule has 14 nitrogen and oxygen atoms in total. The second-order valence-electron chi connectivity index (χ2n) is 14.5. The molecule has 47 heavy (non-hydrogen) atoms. The maximum atomic E-state index is 13.2. The van der Waals surface area contributed by atoms with Gasteiger partial charge in [0.15, 0.2) is 0 Å². The highest BCUT2D eigenvalue weighted by Gasteiger charge is 2.30. The van der Waals surface area contributed by atoms with E-state index in [1.807, 2.05) is 4.90 Å². The molecule has 3 amide bonds. The van der Waals surface area contributed by atoms with E-state index in [1.165, 1.54) is 39.0 Å². The first kappa shape index (κ1) is 39.4. The molecule has 1 aliphatic heterocycles. The van der Waals surface area contributed by atoms with Gasteiger partial charge in [-0.2, -0.15) is 0 Å². The Hall–Kier alpha value is -3.78. The fourth-order valence-corrected chi connectivity index (χ4v) is 4.40. The molecule has 1 saturated heterocycles. The van der Waals surface area contributed by atoms with Crippen LogP contribution in [0.5, 0.6) is 5.75 Å². The molecule has 0 saturated carbocycles. The summed E-state index contributed by atoms with van der Waals surface area (Å²) in [5.41, 5.74) is -2.11. The lowest BCUT2D eigenvalue weighted by Crippen LogP contribution is -2.52. The molecule has 1 heterocycles. The first-order valence-corrected chi connectivity index (χ1v) is 15.9. The number of carboxylic acids is 1. The third-order valence-corrected chi connectivity index (χ3v) is 6.62. The summed E-state index contributed by atoms with van der Waals surface area (Å²) in [6, 6.07) is 5.87. The van der Waals surface area contributed by atoms with Gasteiger partial charge >= 0.3 is 24.2 Å². The molecule has 1 atom stereocenters. The molecule has 0 radical (unpaired) electrons. The van der Waals surface area contributed by atoms with Gasteiger partial charge in [-0.1, -0.05) is 0 Å². The van der Waals surface area contributed by atoms with Gasteiger partial charge in [-0.25, -0.2) is 19.2 Å². The van der Waals surface area contributed by atoms with Crippen LogP contribution in [0.4, 0.5) is 14.4 Å². The van der Waals surface area contributed by atoms with Gasteiger partial charge < -0.3 is 43.9 Å². The zero-order chi connectivity index (χ0) is 35.6. The van der Waals surface area contributed by atoms with Gasteiger partial charge in [0.25, 0.3) is 0 Å². The SMILES string of the molecule is CC(C)(C)OC(=O)N1CCN(CC(O)COc2ccc(C(=O)O)cc2)CCN(C(=O)OC(C)(C)C)CCN(C(=O)OC(C)(C)C)CC1. The van der Waals surface area contributed by atoms with Gasteiger partial charge in [0, 0.05) is 58.9 Å². The lowest BCUT2D eigenvalue weighted by atomic mass is 10.2. The first-order valence-electron chi connectivity index (χ1n) is 15.9. The van der Waals surface area contributed by atoms with Gasteiger partial charge in [-0.3, -0.25) is 4.90 Å². The summed E-state index contributed by atoms with van der Waals surface area (Å²) in [4.78, 5) is 57.2. The number of amides is 3. The van der Waals surface area contributed by atoms with Crippen molar-refractivity contribution in [3.63, 3.8) is 0 Å². The lowest BCUT2D eigenvalue weighted by molar-refractivity contribution is 0.00232. The van der Waals surface area contributed by atoms with Gasteiger partial charge in [0.2, 0.25) is 0 Å². The maximum Gasteiger partial charge on any atom is 0.410 e. The Balaban J connectivity index is 2.28. The number of aliphatic hydroxyl groups excluding tert-OH is 1. The molecule has 1 aromatic carbocycles. The highest BCUT2D eigenvalue weighted by Crippen LogP contribution is 2.16. The van der Waals surface area contributed by atoms with E-state index in [9.17, 15) is 24.3 Å². The van der Waals surface area contributed by atoms with Crippen LogP contribution in [0.2, 0.25) is 0 Å². The summed E-state index contributed by atoms with van der Waals surface area (Å²) in [6.07, 6.45) is -2.59. The van der Waals surface area contributed by atoms with Crippen LogP contribution >= 0.6 is 0 Å². The molecule has 0 spiro atoms. The van der Waals surface area contributed by atoms with Crippen LogP contribution in [0.25, 0.3) is 0 Å². The van der Waals surface area contributed by atoms with E-state index in [0.717, 1.165) is 0 Å². The fraction of sp³-hybridized carbons (Fsp3) is 0.697. The van der Waals surface area contributed by atoms with Gasteiger partial charge in [-0.05, 0) is 86.6 Å². The van der Waals surface area contributed by atoms with Crippen LogP contribution in [0, 0.1) is 0 Å². The van der Waals surface area contributed by atoms with E-state index in [0.29, 0.717) is 18.8 Å². The number of hydrogen-bond donors (Lipinski definition) is 2. The Morgan fingerprint density at radius 1 is 0.638 bits per heavy atom. The third-order valence-electron chi connectivity index (χ3n) is 6.62. The summed E-state index contributed by atoms with van der Waals surface area (Å²) in [7, 11) is 0. The molecular weight excluding hydrogens is 612 g/mol. The highest BCUT2D eigenvalue weighted by molar-refractivity contribution is 5.87. The Kier molecular flexibility index (Phi) is 14.1. The minimum absolute atomic E-state index is 0.0701. The molecule has 1 unspecified atom stereocenters. The highest BCUT2D eigenvalue weighted by atomic mass is 16.6. The molecule has 1 aromatic rings. The van der Waals surface area contributed by atoms with E-state index in [2.05, 4.69) is 0 Å². The number of nitrogens with zero attached hydrogens (tertiary/aromatic N) is 4. The number of carboxylic acid groups (broad SMARTS) is 1. The number of benzene rings is 1. The molecule has 2 rings (SSSR count). The summed E-state index contributed by atoms with van der Waals surface area (Å²) < 4.78 is 22.6. The van der Waals surface area contributed by atoms with Crippen LogP contribution in [-0.4, -0.2) is 142 Å². The third kappa shape index (κ3) is 15.6. The van der Waals surface area contributed by atoms with Crippen LogP contribution in [0.15, 0.2) is 24.3 Å². The minimum atomic E-state index is -1.05. The van der Waals surface area contributed by atoms with Crippen LogP contribution in [-0.2, 0) is 14.2 Å². The predicted octanol–water partition coefficient (Wildman–Crippen LogP) is 4.15. The maximum absolute atomic E-state index is 13.2. The Bertz CT molecular complexity index is 1140. The molecular formula is C33H54N4O10.